The number of aromatic nitrogens is 1. The van der Waals surface area contributed by atoms with Crippen LogP contribution in [0.5, 0.6) is 0 Å². The summed E-state index contributed by atoms with van der Waals surface area (Å²) >= 11 is 0. The molecule has 1 unspecified atom stereocenters. The fourth-order valence-corrected chi connectivity index (χ4v) is 1.56. The van der Waals surface area contributed by atoms with Crippen LogP contribution in [0.2, 0.25) is 0 Å². The van der Waals surface area contributed by atoms with E-state index in [2.05, 4.69) is 9.98 Å². The van der Waals surface area contributed by atoms with Gasteiger partial charge < -0.3 is 4.74 Å². The van der Waals surface area contributed by atoms with Gasteiger partial charge in [-0.15, -0.1) is 0 Å². The maximum absolute atomic E-state index is 12.3. The molecule has 0 spiro atoms. The molecule has 6 heteroatoms. The summed E-state index contributed by atoms with van der Waals surface area (Å²) < 4.78 is 42.2. The van der Waals surface area contributed by atoms with Crippen LogP contribution in [0.25, 0.3) is 0 Å². The van der Waals surface area contributed by atoms with Crippen LogP contribution in [0.4, 0.5) is 13.2 Å². The summed E-state index contributed by atoms with van der Waals surface area (Å²) in [6, 6.07) is 2.36. The molecule has 0 aromatic carbocycles. The summed E-state index contributed by atoms with van der Waals surface area (Å²) in [6.07, 6.45) is -3.22. The number of halogens is 3. The van der Waals surface area contributed by atoms with E-state index in [4.69, 9.17) is 4.74 Å². The van der Waals surface area contributed by atoms with Crippen molar-refractivity contribution in [3.05, 3.63) is 29.6 Å². The third-order valence-electron chi connectivity index (χ3n) is 2.36. The number of pyridine rings is 1. The largest absolute Gasteiger partial charge is 0.433 e. The first-order valence-electron chi connectivity index (χ1n) is 5.15. The minimum Gasteiger partial charge on any atom is -0.373 e. The molecule has 2 heterocycles. The summed E-state index contributed by atoms with van der Waals surface area (Å²) in [5.74, 6) is 0. The molecule has 0 fully saturated rings. The highest BCUT2D eigenvalue weighted by Crippen LogP contribution is 2.27. The number of alkyl halides is 3. The van der Waals surface area contributed by atoms with Gasteiger partial charge in [-0.1, -0.05) is 0 Å². The van der Waals surface area contributed by atoms with E-state index < -0.39 is 11.9 Å². The van der Waals surface area contributed by atoms with Gasteiger partial charge in [-0.05, 0) is 19.1 Å². The Bertz CT molecular complexity index is 425. The number of hydrogen-bond acceptors (Lipinski definition) is 3. The van der Waals surface area contributed by atoms with Crippen molar-refractivity contribution < 1.29 is 17.9 Å². The standard InChI is InChI=1S/C11H11F3N2O/c1-7-5-17-6-9(16-7)8-2-3-10(15-4-8)11(12,13)14/h2-4,7H,5-6H2,1H3. The smallest absolute Gasteiger partial charge is 0.373 e. The molecule has 0 bridgehead atoms. The van der Waals surface area contributed by atoms with Crippen molar-refractivity contribution in [2.75, 3.05) is 13.2 Å². The Labute approximate surface area is 96.3 Å². The number of aliphatic imine (C=N–C) groups is 1. The van der Waals surface area contributed by atoms with Crippen LogP contribution in [-0.4, -0.2) is 30.0 Å². The van der Waals surface area contributed by atoms with E-state index in [-0.39, 0.29) is 6.04 Å². The van der Waals surface area contributed by atoms with Crippen molar-refractivity contribution in [1.82, 2.24) is 4.98 Å². The van der Waals surface area contributed by atoms with Crippen molar-refractivity contribution in [3.63, 3.8) is 0 Å². The average molecular weight is 244 g/mol. The molecular formula is C11H11F3N2O. The van der Waals surface area contributed by atoms with E-state index in [0.29, 0.717) is 24.5 Å². The first kappa shape index (κ1) is 12.0. The highest BCUT2D eigenvalue weighted by molar-refractivity contribution is 6.01. The summed E-state index contributed by atoms with van der Waals surface area (Å²) in [6.45, 7) is 2.74. The highest BCUT2D eigenvalue weighted by Gasteiger charge is 2.32. The molecule has 0 N–H and O–H groups in total. The van der Waals surface area contributed by atoms with Gasteiger partial charge in [-0.25, -0.2) is 0 Å². The van der Waals surface area contributed by atoms with E-state index in [1.54, 1.807) is 0 Å². The number of ether oxygens (including phenoxy) is 1. The molecular weight excluding hydrogens is 233 g/mol. The van der Waals surface area contributed by atoms with E-state index in [0.717, 1.165) is 6.07 Å². The lowest BCUT2D eigenvalue weighted by Crippen LogP contribution is -2.24. The van der Waals surface area contributed by atoms with Gasteiger partial charge in [-0.3, -0.25) is 9.98 Å². The predicted molar refractivity (Wildman–Crippen MR) is 56.1 cm³/mol. The van der Waals surface area contributed by atoms with Crippen LogP contribution in [-0.2, 0) is 10.9 Å². The third-order valence-corrected chi connectivity index (χ3v) is 2.36. The molecule has 1 aromatic rings. The van der Waals surface area contributed by atoms with Crippen molar-refractivity contribution >= 4 is 5.71 Å². The van der Waals surface area contributed by atoms with Crippen LogP contribution in [0.1, 0.15) is 18.2 Å². The monoisotopic (exact) mass is 244 g/mol. The lowest BCUT2D eigenvalue weighted by molar-refractivity contribution is -0.141. The van der Waals surface area contributed by atoms with Crippen LogP contribution < -0.4 is 0 Å². The van der Waals surface area contributed by atoms with Crippen LogP contribution in [0, 0.1) is 0 Å². The van der Waals surface area contributed by atoms with Crippen molar-refractivity contribution in [2.24, 2.45) is 4.99 Å². The topological polar surface area (TPSA) is 34.5 Å². The molecule has 0 saturated heterocycles. The third kappa shape index (κ3) is 2.82. The SMILES string of the molecule is CC1COCC(c2ccc(C(F)(F)F)nc2)=N1. The molecule has 17 heavy (non-hydrogen) atoms. The van der Waals surface area contributed by atoms with Gasteiger partial charge in [0, 0.05) is 11.8 Å². The van der Waals surface area contributed by atoms with Gasteiger partial charge in [0.2, 0.25) is 0 Å². The molecule has 3 nitrogen and oxygen atoms in total. The minimum absolute atomic E-state index is 0.0287. The van der Waals surface area contributed by atoms with E-state index >= 15 is 0 Å². The summed E-state index contributed by atoms with van der Waals surface area (Å²) in [5, 5.41) is 0. The van der Waals surface area contributed by atoms with Gasteiger partial charge in [0.25, 0.3) is 0 Å². The van der Waals surface area contributed by atoms with Gasteiger partial charge >= 0.3 is 6.18 Å². The zero-order valence-corrected chi connectivity index (χ0v) is 9.16. The Morgan fingerprint density at radius 1 is 1.35 bits per heavy atom. The minimum atomic E-state index is -4.41. The summed E-state index contributed by atoms with van der Waals surface area (Å²) in [5.41, 5.74) is 0.321. The Morgan fingerprint density at radius 2 is 2.12 bits per heavy atom. The van der Waals surface area contributed by atoms with Gasteiger partial charge in [0.1, 0.15) is 5.69 Å². The molecule has 1 aliphatic heterocycles. The Kier molecular flexibility index (Phi) is 3.15. The number of rotatable bonds is 1. The average Bonchev–Trinajstić information content (AvgIpc) is 2.28. The molecule has 1 aliphatic rings. The second-order valence-corrected chi connectivity index (χ2v) is 3.87. The first-order valence-corrected chi connectivity index (χ1v) is 5.15. The second kappa shape index (κ2) is 4.44. The molecule has 0 aliphatic carbocycles. The molecule has 0 radical (unpaired) electrons. The second-order valence-electron chi connectivity index (χ2n) is 3.87. The quantitative estimate of drug-likeness (QED) is 0.759. The van der Waals surface area contributed by atoms with Gasteiger partial charge in [0.05, 0.1) is 25.0 Å². The zero-order valence-electron chi connectivity index (χ0n) is 9.16. The van der Waals surface area contributed by atoms with Crippen molar-refractivity contribution in [1.29, 1.82) is 0 Å². The van der Waals surface area contributed by atoms with Gasteiger partial charge in [0.15, 0.2) is 0 Å². The number of hydrogen-bond donors (Lipinski definition) is 0. The molecule has 2 rings (SSSR count). The summed E-state index contributed by atoms with van der Waals surface area (Å²) in [7, 11) is 0. The molecule has 0 amide bonds. The molecule has 1 aromatic heterocycles. The maximum Gasteiger partial charge on any atom is 0.433 e. The van der Waals surface area contributed by atoms with E-state index in [1.807, 2.05) is 6.92 Å². The van der Waals surface area contributed by atoms with Crippen molar-refractivity contribution in [3.8, 4) is 0 Å². The molecule has 0 saturated carbocycles. The number of nitrogens with zero attached hydrogens (tertiary/aromatic N) is 2. The normalized spacial score (nSPS) is 21.2. The Balaban J connectivity index is 2.24. The fourth-order valence-electron chi connectivity index (χ4n) is 1.56. The van der Waals surface area contributed by atoms with Crippen molar-refractivity contribution in [2.45, 2.75) is 19.1 Å². The lowest BCUT2D eigenvalue weighted by atomic mass is 10.1. The van der Waals surface area contributed by atoms with E-state index in [9.17, 15) is 13.2 Å². The Morgan fingerprint density at radius 3 is 2.65 bits per heavy atom. The summed E-state index contributed by atoms with van der Waals surface area (Å²) in [4.78, 5) is 7.70. The molecule has 1 atom stereocenters. The predicted octanol–water partition coefficient (Wildman–Crippen LogP) is 2.31. The lowest BCUT2D eigenvalue weighted by Gasteiger charge is -2.18. The highest BCUT2D eigenvalue weighted by atomic mass is 19.4. The van der Waals surface area contributed by atoms with Crippen LogP contribution in [0.3, 0.4) is 0 Å². The van der Waals surface area contributed by atoms with E-state index in [1.165, 1.54) is 12.3 Å². The van der Waals surface area contributed by atoms with Crippen LogP contribution >= 0.6 is 0 Å². The first-order chi connectivity index (χ1) is 7.97. The zero-order chi connectivity index (χ0) is 12.5. The fraction of sp³-hybridized carbons (Fsp3) is 0.455. The maximum atomic E-state index is 12.3. The van der Waals surface area contributed by atoms with Crippen LogP contribution in [0.15, 0.2) is 23.3 Å². The molecule has 92 valence electrons. The Hall–Kier alpha value is -1.43. The van der Waals surface area contributed by atoms with Gasteiger partial charge in [-0.2, -0.15) is 13.2 Å².